The molecule has 1 aromatic carbocycles. The van der Waals surface area contributed by atoms with E-state index in [0.29, 0.717) is 0 Å². The van der Waals surface area contributed by atoms with Gasteiger partial charge in [0, 0.05) is 39.3 Å². The molecule has 2 heterocycles. The van der Waals surface area contributed by atoms with E-state index in [1.54, 1.807) is 0 Å². The van der Waals surface area contributed by atoms with Crippen LogP contribution in [0.1, 0.15) is 6.42 Å². The average Bonchev–Trinajstić information content (AvgIpc) is 2.89. The van der Waals surface area contributed by atoms with Crippen molar-refractivity contribution < 1.29 is 9.52 Å². The maximum absolute atomic E-state index is 8.85. The predicted molar refractivity (Wildman–Crippen MR) is 74.4 cm³/mol. The number of benzene rings is 1. The summed E-state index contributed by atoms with van der Waals surface area (Å²) in [6.07, 6.45) is 0.850. The molecular weight excluding hydrogens is 242 g/mol. The van der Waals surface area contributed by atoms with Crippen LogP contribution < -0.4 is 4.90 Å². The van der Waals surface area contributed by atoms with Gasteiger partial charge in [0.25, 0.3) is 6.01 Å². The second kappa shape index (κ2) is 5.59. The summed E-state index contributed by atoms with van der Waals surface area (Å²) in [6, 6.07) is 8.58. The van der Waals surface area contributed by atoms with Gasteiger partial charge in [-0.05, 0) is 18.6 Å². The lowest BCUT2D eigenvalue weighted by molar-refractivity contribution is 0.214. The van der Waals surface area contributed by atoms with Crippen LogP contribution in [-0.2, 0) is 0 Å². The molecule has 0 saturated carbocycles. The molecular formula is C14H19N3O2. The predicted octanol–water partition coefficient (Wildman–Crippen LogP) is 1.33. The summed E-state index contributed by atoms with van der Waals surface area (Å²) in [7, 11) is 0. The van der Waals surface area contributed by atoms with Gasteiger partial charge in [0.1, 0.15) is 5.52 Å². The summed E-state index contributed by atoms with van der Waals surface area (Å²) in [6.45, 7) is 5.09. The number of hydrogen-bond acceptors (Lipinski definition) is 5. The van der Waals surface area contributed by atoms with Crippen molar-refractivity contribution in [2.24, 2.45) is 0 Å². The molecule has 0 aliphatic carbocycles. The van der Waals surface area contributed by atoms with Gasteiger partial charge in [0.05, 0.1) is 0 Å². The topological polar surface area (TPSA) is 52.7 Å². The quantitative estimate of drug-likeness (QED) is 0.900. The normalized spacial score (nSPS) is 17.2. The van der Waals surface area contributed by atoms with Gasteiger partial charge in [-0.3, -0.25) is 4.90 Å². The molecule has 0 bridgehead atoms. The molecule has 0 amide bonds. The van der Waals surface area contributed by atoms with Crippen LogP contribution in [0.25, 0.3) is 11.1 Å². The molecule has 0 unspecified atom stereocenters. The van der Waals surface area contributed by atoms with E-state index in [1.807, 2.05) is 24.3 Å². The van der Waals surface area contributed by atoms with E-state index in [1.165, 1.54) is 0 Å². The van der Waals surface area contributed by atoms with Gasteiger partial charge in [-0.2, -0.15) is 4.98 Å². The number of para-hydroxylation sites is 2. The average molecular weight is 261 g/mol. The van der Waals surface area contributed by atoms with Crippen LogP contribution in [0.5, 0.6) is 0 Å². The first-order valence-electron chi connectivity index (χ1n) is 6.80. The third-order valence-corrected chi connectivity index (χ3v) is 3.56. The number of piperazine rings is 1. The van der Waals surface area contributed by atoms with Crippen LogP contribution >= 0.6 is 0 Å². The Kier molecular flexibility index (Phi) is 3.66. The number of aliphatic hydroxyl groups excluding tert-OH is 1. The molecule has 0 spiro atoms. The molecule has 1 N–H and O–H groups in total. The minimum Gasteiger partial charge on any atom is -0.423 e. The standard InChI is InChI=1S/C14H19N3O2/c18-11-3-6-16-7-9-17(10-8-16)14-15-12-4-1-2-5-13(12)19-14/h1-2,4-5,18H,3,6-11H2. The van der Waals surface area contributed by atoms with E-state index in [9.17, 15) is 0 Å². The number of rotatable bonds is 4. The van der Waals surface area contributed by atoms with E-state index in [2.05, 4.69) is 14.8 Å². The summed E-state index contributed by atoms with van der Waals surface area (Å²) < 4.78 is 5.78. The van der Waals surface area contributed by atoms with Crippen LogP contribution in [-0.4, -0.2) is 54.3 Å². The van der Waals surface area contributed by atoms with Crippen molar-refractivity contribution >= 4 is 17.1 Å². The Morgan fingerprint density at radius 1 is 1.16 bits per heavy atom. The van der Waals surface area contributed by atoms with E-state index in [4.69, 9.17) is 9.52 Å². The molecule has 3 rings (SSSR count). The molecule has 1 aliphatic rings. The lowest BCUT2D eigenvalue weighted by Crippen LogP contribution is -2.46. The summed E-state index contributed by atoms with van der Waals surface area (Å²) in [5.41, 5.74) is 1.76. The van der Waals surface area contributed by atoms with Crippen LogP contribution in [0.2, 0.25) is 0 Å². The highest BCUT2D eigenvalue weighted by Gasteiger charge is 2.20. The molecule has 1 aliphatic heterocycles. The summed E-state index contributed by atoms with van der Waals surface area (Å²) in [4.78, 5) is 9.08. The van der Waals surface area contributed by atoms with Crippen molar-refractivity contribution in [3.63, 3.8) is 0 Å². The fraction of sp³-hybridized carbons (Fsp3) is 0.500. The highest BCUT2D eigenvalue weighted by molar-refractivity contribution is 5.74. The zero-order valence-electron chi connectivity index (χ0n) is 11.0. The van der Waals surface area contributed by atoms with Crippen molar-refractivity contribution in [2.45, 2.75) is 6.42 Å². The minimum atomic E-state index is 0.269. The molecule has 5 heteroatoms. The van der Waals surface area contributed by atoms with Crippen LogP contribution in [0.4, 0.5) is 6.01 Å². The van der Waals surface area contributed by atoms with Crippen molar-refractivity contribution in [1.82, 2.24) is 9.88 Å². The zero-order chi connectivity index (χ0) is 13.1. The third kappa shape index (κ3) is 2.72. The number of hydrogen-bond donors (Lipinski definition) is 1. The van der Waals surface area contributed by atoms with Crippen LogP contribution in [0, 0.1) is 0 Å². The fourth-order valence-corrected chi connectivity index (χ4v) is 2.45. The van der Waals surface area contributed by atoms with Gasteiger partial charge in [-0.25, -0.2) is 0 Å². The number of aromatic nitrogens is 1. The molecule has 1 saturated heterocycles. The number of anilines is 1. The van der Waals surface area contributed by atoms with Crippen molar-refractivity contribution in [1.29, 1.82) is 0 Å². The largest absolute Gasteiger partial charge is 0.423 e. The third-order valence-electron chi connectivity index (χ3n) is 3.56. The smallest absolute Gasteiger partial charge is 0.298 e. The summed E-state index contributed by atoms with van der Waals surface area (Å²) >= 11 is 0. The maximum Gasteiger partial charge on any atom is 0.298 e. The SMILES string of the molecule is OCCCN1CCN(c2nc3ccccc3o2)CC1. The minimum absolute atomic E-state index is 0.269. The molecule has 1 aromatic heterocycles. The van der Waals surface area contributed by atoms with Crippen LogP contribution in [0.3, 0.4) is 0 Å². The van der Waals surface area contributed by atoms with Crippen molar-refractivity contribution in [2.75, 3.05) is 44.2 Å². The highest BCUT2D eigenvalue weighted by Crippen LogP contribution is 2.22. The van der Waals surface area contributed by atoms with E-state index in [-0.39, 0.29) is 6.61 Å². The molecule has 0 radical (unpaired) electrons. The van der Waals surface area contributed by atoms with E-state index in [0.717, 1.165) is 56.3 Å². The van der Waals surface area contributed by atoms with Crippen LogP contribution in [0.15, 0.2) is 28.7 Å². The van der Waals surface area contributed by atoms with E-state index < -0.39 is 0 Å². The zero-order valence-corrected chi connectivity index (χ0v) is 11.0. The highest BCUT2D eigenvalue weighted by atomic mass is 16.4. The molecule has 2 aromatic rings. The Bertz CT molecular complexity index is 499. The number of fused-ring (bicyclic) bond motifs is 1. The Morgan fingerprint density at radius 2 is 1.95 bits per heavy atom. The van der Waals surface area contributed by atoms with Crippen molar-refractivity contribution in [3.05, 3.63) is 24.3 Å². The Hall–Kier alpha value is -1.59. The molecule has 0 atom stereocenters. The Morgan fingerprint density at radius 3 is 2.68 bits per heavy atom. The number of oxazole rings is 1. The second-order valence-corrected chi connectivity index (χ2v) is 4.87. The van der Waals surface area contributed by atoms with Gasteiger partial charge in [-0.15, -0.1) is 0 Å². The summed E-state index contributed by atoms with van der Waals surface area (Å²) in [5, 5.41) is 8.85. The Labute approximate surface area is 112 Å². The van der Waals surface area contributed by atoms with Gasteiger partial charge in [0.15, 0.2) is 5.58 Å². The first-order chi connectivity index (χ1) is 9.36. The first kappa shape index (κ1) is 12.4. The first-order valence-corrected chi connectivity index (χ1v) is 6.80. The second-order valence-electron chi connectivity index (χ2n) is 4.87. The molecule has 102 valence electrons. The molecule has 5 nitrogen and oxygen atoms in total. The molecule has 1 fully saturated rings. The van der Waals surface area contributed by atoms with Gasteiger partial charge >= 0.3 is 0 Å². The van der Waals surface area contributed by atoms with Gasteiger partial charge in [0.2, 0.25) is 0 Å². The van der Waals surface area contributed by atoms with Gasteiger partial charge in [-0.1, -0.05) is 12.1 Å². The maximum atomic E-state index is 8.85. The Balaban J connectivity index is 1.64. The summed E-state index contributed by atoms with van der Waals surface area (Å²) in [5.74, 6) is 0. The van der Waals surface area contributed by atoms with Gasteiger partial charge < -0.3 is 14.4 Å². The number of aliphatic hydroxyl groups is 1. The monoisotopic (exact) mass is 261 g/mol. The van der Waals surface area contributed by atoms with E-state index >= 15 is 0 Å². The number of nitrogens with zero attached hydrogens (tertiary/aromatic N) is 3. The lowest BCUT2D eigenvalue weighted by Gasteiger charge is -2.33. The molecule has 19 heavy (non-hydrogen) atoms. The lowest BCUT2D eigenvalue weighted by atomic mass is 10.3. The fourth-order valence-electron chi connectivity index (χ4n) is 2.45. The van der Waals surface area contributed by atoms with Crippen molar-refractivity contribution in [3.8, 4) is 0 Å².